The van der Waals surface area contributed by atoms with Gasteiger partial charge in [-0.05, 0) is 30.4 Å². The lowest BCUT2D eigenvalue weighted by Gasteiger charge is -2.24. The minimum absolute atomic E-state index is 0.114. The molecule has 0 aliphatic heterocycles. The molecular formula is C25H40O. The Hall–Kier alpha value is -1.60. The molecule has 26 heavy (non-hydrogen) atoms. The highest BCUT2D eigenvalue weighted by molar-refractivity contribution is 5.28. The number of benzene rings is 2. The molecule has 0 saturated heterocycles. The Bertz CT molecular complexity index is 598. The standard InChI is InChI=1S/C12H18O.C11H16.C2H6/c1-10-5-7-11(8-6-10)12(2,3)9-13-4;1-9-5-7-10(8-6-9)11(2,3)4;1-2/h5-8H,9H2,1-4H3;5-8H,1-4H3;1-2H3. The van der Waals surface area contributed by atoms with Gasteiger partial charge in [0.05, 0.1) is 6.61 Å². The van der Waals surface area contributed by atoms with Crippen LogP contribution in [0.5, 0.6) is 0 Å². The van der Waals surface area contributed by atoms with E-state index < -0.39 is 0 Å². The van der Waals surface area contributed by atoms with Crippen molar-refractivity contribution in [3.8, 4) is 0 Å². The monoisotopic (exact) mass is 356 g/mol. The van der Waals surface area contributed by atoms with E-state index in [0.29, 0.717) is 0 Å². The van der Waals surface area contributed by atoms with E-state index in [1.54, 1.807) is 7.11 Å². The molecule has 0 aromatic heterocycles. The van der Waals surface area contributed by atoms with Crippen molar-refractivity contribution in [1.29, 1.82) is 0 Å². The summed E-state index contributed by atoms with van der Waals surface area (Å²) >= 11 is 0. The fourth-order valence-electron chi connectivity index (χ4n) is 2.50. The summed E-state index contributed by atoms with van der Waals surface area (Å²) < 4.78 is 5.19. The molecule has 0 unspecified atom stereocenters. The van der Waals surface area contributed by atoms with Gasteiger partial charge >= 0.3 is 0 Å². The largest absolute Gasteiger partial charge is 0.384 e. The maximum atomic E-state index is 5.19. The van der Waals surface area contributed by atoms with E-state index in [1.807, 2.05) is 13.8 Å². The van der Waals surface area contributed by atoms with Gasteiger partial charge in [-0.25, -0.2) is 0 Å². The third kappa shape index (κ3) is 8.67. The predicted octanol–water partition coefficient (Wildman–Crippen LogP) is 7.24. The molecule has 0 aliphatic rings. The lowest BCUT2D eigenvalue weighted by Crippen LogP contribution is -2.23. The fourth-order valence-corrected chi connectivity index (χ4v) is 2.50. The zero-order valence-corrected chi connectivity index (χ0v) is 18.7. The Labute approximate surface area is 162 Å². The molecule has 2 aromatic rings. The van der Waals surface area contributed by atoms with E-state index in [9.17, 15) is 0 Å². The molecule has 146 valence electrons. The van der Waals surface area contributed by atoms with Crippen molar-refractivity contribution in [3.05, 3.63) is 70.8 Å². The number of methoxy groups -OCH3 is 1. The summed E-state index contributed by atoms with van der Waals surface area (Å²) in [4.78, 5) is 0. The molecule has 1 nitrogen and oxygen atoms in total. The molecule has 0 bridgehead atoms. The Morgan fingerprint density at radius 1 is 0.654 bits per heavy atom. The summed E-state index contributed by atoms with van der Waals surface area (Å²) in [5, 5.41) is 0. The van der Waals surface area contributed by atoms with Gasteiger partial charge in [-0.2, -0.15) is 0 Å². The van der Waals surface area contributed by atoms with Crippen LogP contribution in [0.15, 0.2) is 48.5 Å². The average Bonchev–Trinajstić information content (AvgIpc) is 2.57. The topological polar surface area (TPSA) is 9.23 Å². The van der Waals surface area contributed by atoms with E-state index in [1.165, 1.54) is 22.3 Å². The third-order valence-corrected chi connectivity index (χ3v) is 4.26. The van der Waals surface area contributed by atoms with Crippen molar-refractivity contribution in [2.24, 2.45) is 0 Å². The van der Waals surface area contributed by atoms with E-state index in [-0.39, 0.29) is 10.8 Å². The van der Waals surface area contributed by atoms with Gasteiger partial charge in [0.25, 0.3) is 0 Å². The van der Waals surface area contributed by atoms with Crippen molar-refractivity contribution in [1.82, 2.24) is 0 Å². The number of hydrogen-bond acceptors (Lipinski definition) is 1. The molecule has 0 saturated carbocycles. The highest BCUT2D eigenvalue weighted by atomic mass is 16.5. The SMILES string of the molecule is CC.COCC(C)(C)c1ccc(C)cc1.Cc1ccc(C(C)(C)C)cc1. The molecule has 0 heterocycles. The first-order chi connectivity index (χ1) is 12.1. The second kappa shape index (κ2) is 11.2. The first-order valence-electron chi connectivity index (χ1n) is 9.69. The molecular weight excluding hydrogens is 316 g/mol. The molecule has 0 aliphatic carbocycles. The predicted molar refractivity (Wildman–Crippen MR) is 117 cm³/mol. The number of rotatable bonds is 3. The summed E-state index contributed by atoms with van der Waals surface area (Å²) in [5.41, 5.74) is 5.77. The van der Waals surface area contributed by atoms with Crippen LogP contribution < -0.4 is 0 Å². The summed E-state index contributed by atoms with van der Waals surface area (Å²) in [6, 6.07) is 17.4. The molecule has 2 rings (SSSR count). The van der Waals surface area contributed by atoms with Crippen molar-refractivity contribution < 1.29 is 4.74 Å². The summed E-state index contributed by atoms with van der Waals surface area (Å²) in [7, 11) is 1.75. The van der Waals surface area contributed by atoms with Crippen LogP contribution in [-0.2, 0) is 15.6 Å². The van der Waals surface area contributed by atoms with Gasteiger partial charge in [0.15, 0.2) is 0 Å². The minimum atomic E-state index is 0.114. The van der Waals surface area contributed by atoms with Gasteiger partial charge < -0.3 is 4.74 Å². The number of hydrogen-bond donors (Lipinski definition) is 0. The Balaban J connectivity index is 0.000000444. The first-order valence-corrected chi connectivity index (χ1v) is 9.69. The minimum Gasteiger partial charge on any atom is -0.384 e. The van der Waals surface area contributed by atoms with Gasteiger partial charge in [0.1, 0.15) is 0 Å². The van der Waals surface area contributed by atoms with Crippen molar-refractivity contribution >= 4 is 0 Å². The first kappa shape index (κ1) is 24.4. The van der Waals surface area contributed by atoms with Crippen LogP contribution in [0.2, 0.25) is 0 Å². The molecule has 0 amide bonds. The van der Waals surface area contributed by atoms with Gasteiger partial charge in [0.2, 0.25) is 0 Å². The average molecular weight is 357 g/mol. The maximum Gasteiger partial charge on any atom is 0.0553 e. The lowest BCUT2D eigenvalue weighted by molar-refractivity contribution is 0.146. The van der Waals surface area contributed by atoms with E-state index in [2.05, 4.69) is 97.0 Å². The quantitative estimate of drug-likeness (QED) is 0.563. The van der Waals surface area contributed by atoms with Crippen LogP contribution >= 0.6 is 0 Å². The van der Waals surface area contributed by atoms with Crippen molar-refractivity contribution in [3.63, 3.8) is 0 Å². The summed E-state index contributed by atoms with van der Waals surface area (Å²) in [6.45, 7) is 20.1. The Kier molecular flexibility index (Phi) is 10.5. The second-order valence-electron chi connectivity index (χ2n) is 8.30. The lowest BCUT2D eigenvalue weighted by atomic mass is 9.85. The maximum absolute atomic E-state index is 5.19. The highest BCUT2D eigenvalue weighted by Gasteiger charge is 2.19. The van der Waals surface area contributed by atoms with Gasteiger partial charge in [0, 0.05) is 12.5 Å². The molecule has 0 atom stereocenters. The van der Waals surface area contributed by atoms with Crippen LogP contribution in [0.3, 0.4) is 0 Å². The molecule has 2 aromatic carbocycles. The van der Waals surface area contributed by atoms with Gasteiger partial charge in [-0.15, -0.1) is 0 Å². The molecule has 0 radical (unpaired) electrons. The van der Waals surface area contributed by atoms with E-state index >= 15 is 0 Å². The Morgan fingerprint density at radius 3 is 1.31 bits per heavy atom. The number of aryl methyl sites for hydroxylation is 2. The zero-order valence-electron chi connectivity index (χ0n) is 18.7. The van der Waals surface area contributed by atoms with Crippen molar-refractivity contribution in [2.75, 3.05) is 13.7 Å². The molecule has 0 N–H and O–H groups in total. The van der Waals surface area contributed by atoms with Crippen LogP contribution in [0.4, 0.5) is 0 Å². The highest BCUT2D eigenvalue weighted by Crippen LogP contribution is 2.23. The van der Waals surface area contributed by atoms with Crippen LogP contribution in [0.25, 0.3) is 0 Å². The smallest absolute Gasteiger partial charge is 0.0553 e. The Morgan fingerprint density at radius 2 is 1.00 bits per heavy atom. The van der Waals surface area contributed by atoms with E-state index in [4.69, 9.17) is 4.74 Å². The number of ether oxygens (including phenoxy) is 1. The second-order valence-corrected chi connectivity index (χ2v) is 8.30. The summed E-state index contributed by atoms with van der Waals surface area (Å²) in [5.74, 6) is 0. The summed E-state index contributed by atoms with van der Waals surface area (Å²) in [6.07, 6.45) is 0. The normalized spacial score (nSPS) is 11.0. The van der Waals surface area contributed by atoms with Crippen LogP contribution in [0, 0.1) is 13.8 Å². The zero-order chi connectivity index (χ0) is 20.4. The van der Waals surface area contributed by atoms with Gasteiger partial charge in [-0.3, -0.25) is 0 Å². The van der Waals surface area contributed by atoms with Crippen LogP contribution in [0.1, 0.15) is 70.7 Å². The molecule has 0 fully saturated rings. The van der Waals surface area contributed by atoms with E-state index in [0.717, 1.165) is 6.61 Å². The third-order valence-electron chi connectivity index (χ3n) is 4.26. The molecule has 1 heteroatoms. The van der Waals surface area contributed by atoms with Crippen LogP contribution in [-0.4, -0.2) is 13.7 Å². The van der Waals surface area contributed by atoms with Gasteiger partial charge in [-0.1, -0.05) is 108 Å². The fraction of sp³-hybridized carbons (Fsp3) is 0.520. The molecule has 0 spiro atoms. The van der Waals surface area contributed by atoms with Crippen molar-refractivity contribution in [2.45, 2.75) is 73.1 Å².